The summed E-state index contributed by atoms with van der Waals surface area (Å²) in [6.07, 6.45) is 1.83. The van der Waals surface area contributed by atoms with E-state index in [1.54, 1.807) is 0 Å². The molecule has 28 heavy (non-hydrogen) atoms. The van der Waals surface area contributed by atoms with Crippen molar-refractivity contribution in [2.24, 2.45) is 22.2 Å². The third-order valence-electron chi connectivity index (χ3n) is 4.30. The standard InChI is InChI=1S/C16H29N7O5/c1-9(14(26)23-7-3-5-11(23)15(27)28)22-12(24)8-21-13(25)10(17)4-2-6-20-16(18)19/h9-11H,2-8,17H2,1H3,(H,21,25)(H,22,24)(H,27,28)(H4,18,19,20). The predicted octanol–water partition coefficient (Wildman–Crippen LogP) is -2.94. The lowest BCUT2D eigenvalue weighted by molar-refractivity contribution is -0.149. The Hall–Kier alpha value is -2.89. The molecule has 1 saturated heterocycles. The van der Waals surface area contributed by atoms with Crippen LogP contribution in [0.5, 0.6) is 0 Å². The molecule has 0 aliphatic carbocycles. The molecule has 0 spiro atoms. The molecule has 1 aliphatic heterocycles. The lowest BCUT2D eigenvalue weighted by atomic mass is 10.1. The van der Waals surface area contributed by atoms with Gasteiger partial charge in [-0.25, -0.2) is 4.79 Å². The first kappa shape index (κ1) is 23.1. The molecule has 0 aromatic rings. The highest BCUT2D eigenvalue weighted by Gasteiger charge is 2.36. The molecule has 0 aromatic heterocycles. The maximum absolute atomic E-state index is 12.3. The highest BCUT2D eigenvalue weighted by atomic mass is 16.4. The van der Waals surface area contributed by atoms with Crippen molar-refractivity contribution in [1.82, 2.24) is 15.5 Å². The van der Waals surface area contributed by atoms with E-state index in [0.29, 0.717) is 38.8 Å². The molecule has 158 valence electrons. The van der Waals surface area contributed by atoms with Crippen LogP contribution in [0.3, 0.4) is 0 Å². The maximum Gasteiger partial charge on any atom is 0.326 e. The molecule has 12 nitrogen and oxygen atoms in total. The van der Waals surface area contributed by atoms with E-state index in [-0.39, 0.29) is 12.5 Å². The number of carboxylic acid groups (broad SMARTS) is 1. The summed E-state index contributed by atoms with van der Waals surface area (Å²) in [5.74, 6) is -2.66. The normalized spacial score (nSPS) is 18.1. The molecule has 0 aromatic carbocycles. The molecule has 0 saturated carbocycles. The number of hydrogen-bond acceptors (Lipinski definition) is 6. The average Bonchev–Trinajstić information content (AvgIpc) is 3.12. The number of nitrogens with one attached hydrogen (secondary N) is 2. The smallest absolute Gasteiger partial charge is 0.326 e. The Morgan fingerprint density at radius 3 is 2.57 bits per heavy atom. The zero-order valence-corrected chi connectivity index (χ0v) is 15.9. The largest absolute Gasteiger partial charge is 0.480 e. The van der Waals surface area contributed by atoms with Gasteiger partial charge in [-0.1, -0.05) is 0 Å². The molecular weight excluding hydrogens is 370 g/mol. The Kier molecular flexibility index (Phi) is 9.15. The van der Waals surface area contributed by atoms with E-state index >= 15 is 0 Å². The van der Waals surface area contributed by atoms with Gasteiger partial charge in [0.15, 0.2) is 5.96 Å². The van der Waals surface area contributed by atoms with Crippen molar-refractivity contribution < 1.29 is 24.3 Å². The summed E-state index contributed by atoms with van der Waals surface area (Å²) in [5.41, 5.74) is 16.1. The van der Waals surface area contributed by atoms with Crippen LogP contribution in [0.2, 0.25) is 0 Å². The number of guanidine groups is 1. The summed E-state index contributed by atoms with van der Waals surface area (Å²) in [4.78, 5) is 52.4. The number of nitrogens with two attached hydrogens (primary N) is 3. The molecule has 0 radical (unpaired) electrons. The quantitative estimate of drug-likeness (QED) is 0.127. The van der Waals surface area contributed by atoms with E-state index in [1.807, 2.05) is 0 Å². The van der Waals surface area contributed by atoms with Crippen LogP contribution in [-0.2, 0) is 19.2 Å². The number of carbonyl (C=O) groups excluding carboxylic acids is 3. The molecule has 9 N–H and O–H groups in total. The van der Waals surface area contributed by atoms with Crippen molar-refractivity contribution >= 4 is 29.7 Å². The van der Waals surface area contributed by atoms with E-state index in [4.69, 9.17) is 22.3 Å². The molecule has 3 atom stereocenters. The Morgan fingerprint density at radius 2 is 1.96 bits per heavy atom. The summed E-state index contributed by atoms with van der Waals surface area (Å²) < 4.78 is 0. The molecule has 3 amide bonds. The van der Waals surface area contributed by atoms with Gasteiger partial charge < -0.3 is 37.8 Å². The minimum absolute atomic E-state index is 0.0398. The van der Waals surface area contributed by atoms with Gasteiger partial charge in [-0.3, -0.25) is 19.4 Å². The summed E-state index contributed by atoms with van der Waals surface area (Å²) in [6, 6.07) is -2.59. The van der Waals surface area contributed by atoms with Gasteiger partial charge in [0, 0.05) is 13.1 Å². The second-order valence-corrected chi connectivity index (χ2v) is 6.59. The molecule has 1 rings (SSSR count). The van der Waals surface area contributed by atoms with E-state index in [1.165, 1.54) is 11.8 Å². The van der Waals surface area contributed by atoms with Gasteiger partial charge in [0.05, 0.1) is 12.6 Å². The zero-order valence-electron chi connectivity index (χ0n) is 15.9. The average molecular weight is 399 g/mol. The highest BCUT2D eigenvalue weighted by Crippen LogP contribution is 2.18. The second-order valence-electron chi connectivity index (χ2n) is 6.59. The maximum atomic E-state index is 12.3. The van der Waals surface area contributed by atoms with E-state index in [9.17, 15) is 19.2 Å². The van der Waals surface area contributed by atoms with Gasteiger partial charge in [0.1, 0.15) is 12.1 Å². The lowest BCUT2D eigenvalue weighted by Gasteiger charge is -2.25. The number of rotatable bonds is 10. The highest BCUT2D eigenvalue weighted by molar-refractivity contribution is 5.92. The summed E-state index contributed by atoms with van der Waals surface area (Å²) in [5, 5.41) is 14.0. The number of likely N-dealkylation sites (tertiary alicyclic amines) is 1. The number of aliphatic imine (C=N–C) groups is 1. The van der Waals surface area contributed by atoms with Crippen molar-refractivity contribution in [2.45, 2.75) is 50.7 Å². The van der Waals surface area contributed by atoms with E-state index < -0.39 is 41.8 Å². The predicted molar refractivity (Wildman–Crippen MR) is 101 cm³/mol. The van der Waals surface area contributed by atoms with Crippen LogP contribution >= 0.6 is 0 Å². The van der Waals surface area contributed by atoms with Crippen LogP contribution in [0, 0.1) is 0 Å². The molecule has 1 aliphatic rings. The minimum atomic E-state index is -1.06. The van der Waals surface area contributed by atoms with E-state index in [0.717, 1.165) is 0 Å². The number of carbonyl (C=O) groups is 4. The summed E-state index contributed by atoms with van der Waals surface area (Å²) in [6.45, 7) is 1.80. The van der Waals surface area contributed by atoms with Crippen LogP contribution in [0.4, 0.5) is 0 Å². The molecule has 1 heterocycles. The number of nitrogens with zero attached hydrogens (tertiary/aromatic N) is 2. The summed E-state index contributed by atoms with van der Waals surface area (Å²) in [7, 11) is 0. The number of aliphatic carboxylic acids is 1. The fraction of sp³-hybridized carbons (Fsp3) is 0.688. The van der Waals surface area contributed by atoms with Crippen molar-refractivity contribution in [3.8, 4) is 0 Å². The molecular formula is C16H29N7O5. The third-order valence-corrected chi connectivity index (χ3v) is 4.30. The molecule has 1 fully saturated rings. The monoisotopic (exact) mass is 399 g/mol. The van der Waals surface area contributed by atoms with Crippen molar-refractivity contribution in [3.63, 3.8) is 0 Å². The number of carboxylic acids is 1. The van der Waals surface area contributed by atoms with Crippen LogP contribution in [0.25, 0.3) is 0 Å². The van der Waals surface area contributed by atoms with Crippen molar-refractivity contribution in [2.75, 3.05) is 19.6 Å². The van der Waals surface area contributed by atoms with Gasteiger partial charge in [-0.2, -0.15) is 0 Å². The van der Waals surface area contributed by atoms with Gasteiger partial charge in [0.25, 0.3) is 0 Å². The summed E-state index contributed by atoms with van der Waals surface area (Å²) >= 11 is 0. The Labute approximate surface area is 162 Å². The SMILES string of the molecule is CC(NC(=O)CNC(=O)C(N)CCCN=C(N)N)C(=O)N1CCCC1C(=O)O. The van der Waals surface area contributed by atoms with Crippen LogP contribution in [0.15, 0.2) is 4.99 Å². The Morgan fingerprint density at radius 1 is 1.29 bits per heavy atom. The molecule has 12 heteroatoms. The van der Waals surface area contributed by atoms with Crippen LogP contribution in [-0.4, -0.2) is 77.4 Å². The number of amides is 3. The number of hydrogen-bond donors (Lipinski definition) is 6. The minimum Gasteiger partial charge on any atom is -0.480 e. The topological polar surface area (TPSA) is 206 Å². The zero-order chi connectivity index (χ0) is 21.3. The third kappa shape index (κ3) is 7.39. The Balaban J connectivity index is 2.36. The Bertz CT molecular complexity index is 621. The molecule has 3 unspecified atom stereocenters. The van der Waals surface area contributed by atoms with Crippen molar-refractivity contribution in [1.29, 1.82) is 0 Å². The molecule has 0 bridgehead atoms. The van der Waals surface area contributed by atoms with Gasteiger partial charge in [-0.05, 0) is 32.6 Å². The fourth-order valence-corrected chi connectivity index (χ4v) is 2.84. The lowest BCUT2D eigenvalue weighted by Crippen LogP contribution is -2.52. The van der Waals surface area contributed by atoms with Gasteiger partial charge >= 0.3 is 5.97 Å². The first-order valence-electron chi connectivity index (χ1n) is 9.04. The first-order chi connectivity index (χ1) is 13.1. The second kappa shape index (κ2) is 11.1. The van der Waals surface area contributed by atoms with E-state index in [2.05, 4.69) is 15.6 Å². The van der Waals surface area contributed by atoms with Gasteiger partial charge in [0.2, 0.25) is 17.7 Å². The van der Waals surface area contributed by atoms with Crippen molar-refractivity contribution in [3.05, 3.63) is 0 Å². The fourth-order valence-electron chi connectivity index (χ4n) is 2.84. The van der Waals surface area contributed by atoms with Gasteiger partial charge in [-0.15, -0.1) is 0 Å². The van der Waals surface area contributed by atoms with Crippen LogP contribution < -0.4 is 27.8 Å². The first-order valence-corrected chi connectivity index (χ1v) is 9.04. The van der Waals surface area contributed by atoms with Crippen LogP contribution in [0.1, 0.15) is 32.6 Å².